The normalized spacial score (nSPS) is 25.6. The van der Waals surface area contributed by atoms with Crippen molar-refractivity contribution in [1.82, 2.24) is 19.5 Å². The van der Waals surface area contributed by atoms with E-state index in [0.717, 1.165) is 7.11 Å². The zero-order chi connectivity index (χ0) is 18.0. The molecule has 13 nitrogen and oxygen atoms in total. The first-order valence-corrected chi connectivity index (χ1v) is 8.55. The van der Waals surface area contributed by atoms with Crippen LogP contribution in [0.2, 0.25) is 0 Å². The summed E-state index contributed by atoms with van der Waals surface area (Å²) >= 11 is 0. The van der Waals surface area contributed by atoms with E-state index in [1.54, 1.807) is 4.57 Å². The van der Waals surface area contributed by atoms with E-state index in [-0.39, 0.29) is 18.8 Å². The number of aromatic nitrogens is 4. The quantitative estimate of drug-likeness (QED) is 0.327. The predicted molar refractivity (Wildman–Crippen MR) is 81.8 cm³/mol. The number of azide groups is 1. The fourth-order valence-corrected chi connectivity index (χ4v) is 2.96. The molecule has 3 heterocycles. The van der Waals surface area contributed by atoms with Gasteiger partial charge in [-0.05, 0) is 5.53 Å². The van der Waals surface area contributed by atoms with E-state index in [2.05, 4.69) is 29.5 Å². The molecule has 3 rings (SSSR count). The zero-order valence-electron chi connectivity index (χ0n) is 13.0. The summed E-state index contributed by atoms with van der Waals surface area (Å²) in [6, 6.07) is -0.636. The van der Waals surface area contributed by atoms with E-state index in [0.29, 0.717) is 11.2 Å². The first-order chi connectivity index (χ1) is 11.9. The van der Waals surface area contributed by atoms with Crippen LogP contribution in [0.15, 0.2) is 17.8 Å². The van der Waals surface area contributed by atoms with Gasteiger partial charge in [0.05, 0.1) is 25.1 Å². The Morgan fingerprint density at radius 2 is 2.40 bits per heavy atom. The molecule has 2 N–H and O–H groups in total. The predicted octanol–water partition coefficient (Wildman–Crippen LogP) is 0.506. The lowest BCUT2D eigenvalue weighted by atomic mass is 10.1. The van der Waals surface area contributed by atoms with Crippen LogP contribution in [0.25, 0.3) is 21.6 Å². The highest BCUT2D eigenvalue weighted by Gasteiger charge is 2.37. The molecule has 14 heteroatoms. The van der Waals surface area contributed by atoms with Gasteiger partial charge in [-0.1, -0.05) is 5.11 Å². The molecule has 0 amide bonds. The number of fused-ring (bicyclic) bond motifs is 1. The Bertz CT molecular complexity index is 867. The minimum absolute atomic E-state index is 0.223. The van der Waals surface area contributed by atoms with Crippen LogP contribution in [0.4, 0.5) is 5.82 Å². The molecule has 4 atom stereocenters. The second-order valence-electron chi connectivity index (χ2n) is 5.15. The van der Waals surface area contributed by atoms with Gasteiger partial charge in [-0.2, -0.15) is 0 Å². The first-order valence-electron chi connectivity index (χ1n) is 7.09. The number of hydrogen-bond donors (Lipinski definition) is 1. The molecule has 0 aliphatic carbocycles. The number of nitrogens with zero attached hydrogens (tertiary/aromatic N) is 7. The summed E-state index contributed by atoms with van der Waals surface area (Å²) in [4.78, 5) is 26.2. The molecule has 1 unspecified atom stereocenters. The summed E-state index contributed by atoms with van der Waals surface area (Å²) in [7, 11) is -3.43. The van der Waals surface area contributed by atoms with Crippen molar-refractivity contribution in [3.63, 3.8) is 0 Å². The van der Waals surface area contributed by atoms with Crippen molar-refractivity contribution in [3.8, 4) is 0 Å². The van der Waals surface area contributed by atoms with Crippen LogP contribution in [0, 0.1) is 0 Å². The number of phosphoric acid groups is 1. The summed E-state index contributed by atoms with van der Waals surface area (Å²) in [6.07, 6.45) is 1.68. The van der Waals surface area contributed by atoms with Gasteiger partial charge in [-0.3, -0.25) is 9.13 Å². The molecule has 1 aliphatic heterocycles. The second-order valence-corrected chi connectivity index (χ2v) is 6.66. The number of nitrogens with two attached hydrogens (primary N) is 1. The Labute approximate surface area is 141 Å². The second kappa shape index (κ2) is 6.92. The third kappa shape index (κ3) is 3.56. The molecule has 25 heavy (non-hydrogen) atoms. The Balaban J connectivity index is 1.82. The van der Waals surface area contributed by atoms with Gasteiger partial charge in [0.15, 0.2) is 11.5 Å². The maximum atomic E-state index is 11.3. The highest BCUT2D eigenvalue weighted by atomic mass is 31.2. The number of ether oxygens (including phenoxy) is 1. The van der Waals surface area contributed by atoms with E-state index in [1.165, 1.54) is 12.7 Å². The number of phosphoric ester groups is 1. The topological polar surface area (TPSA) is 186 Å². The van der Waals surface area contributed by atoms with Crippen molar-refractivity contribution in [2.75, 3.05) is 19.5 Å². The summed E-state index contributed by atoms with van der Waals surface area (Å²) in [5.74, 6) is 0.223. The molecule has 0 spiro atoms. The number of nitrogen functional groups attached to an aromatic ring is 1. The van der Waals surface area contributed by atoms with Crippen LogP contribution in [-0.2, 0) is 18.3 Å². The van der Waals surface area contributed by atoms with E-state index < -0.39 is 26.2 Å². The highest BCUT2D eigenvalue weighted by Crippen LogP contribution is 2.40. The summed E-state index contributed by atoms with van der Waals surface area (Å²) in [5, 5.41) is 3.64. The van der Waals surface area contributed by atoms with Crippen LogP contribution in [0.5, 0.6) is 0 Å². The zero-order valence-corrected chi connectivity index (χ0v) is 13.9. The maximum Gasteiger partial charge on any atom is 0.267 e. The molecule has 0 radical (unpaired) electrons. The smallest absolute Gasteiger partial charge is 0.267 e. The van der Waals surface area contributed by atoms with E-state index >= 15 is 0 Å². The maximum absolute atomic E-state index is 11.3. The van der Waals surface area contributed by atoms with E-state index in [4.69, 9.17) is 20.5 Å². The highest BCUT2D eigenvalue weighted by molar-refractivity contribution is 7.45. The minimum Gasteiger partial charge on any atom is -0.756 e. The average Bonchev–Trinajstić information content (AvgIpc) is 3.18. The summed E-state index contributed by atoms with van der Waals surface area (Å²) < 4.78 is 27.7. The van der Waals surface area contributed by atoms with Crippen molar-refractivity contribution in [1.29, 1.82) is 0 Å². The third-order valence-corrected chi connectivity index (χ3v) is 4.63. The van der Waals surface area contributed by atoms with Crippen molar-refractivity contribution in [2.45, 2.75) is 24.8 Å². The van der Waals surface area contributed by atoms with Gasteiger partial charge in [0, 0.05) is 18.4 Å². The largest absolute Gasteiger partial charge is 0.756 e. The first kappa shape index (κ1) is 17.5. The van der Waals surface area contributed by atoms with Gasteiger partial charge < -0.3 is 24.4 Å². The van der Waals surface area contributed by atoms with Crippen molar-refractivity contribution >= 4 is 24.8 Å². The monoisotopic (exact) mass is 369 g/mol. The average molecular weight is 369 g/mol. The molecule has 134 valence electrons. The molecular weight excluding hydrogens is 355 g/mol. The van der Waals surface area contributed by atoms with Crippen LogP contribution < -0.4 is 10.6 Å². The Morgan fingerprint density at radius 1 is 1.60 bits per heavy atom. The van der Waals surface area contributed by atoms with Crippen LogP contribution in [0.1, 0.15) is 12.6 Å². The lowest BCUT2D eigenvalue weighted by molar-refractivity contribution is -0.225. The van der Waals surface area contributed by atoms with Gasteiger partial charge in [0.2, 0.25) is 0 Å². The van der Waals surface area contributed by atoms with Gasteiger partial charge in [0.25, 0.3) is 7.82 Å². The van der Waals surface area contributed by atoms with Crippen molar-refractivity contribution in [2.24, 2.45) is 5.11 Å². The number of rotatable bonds is 6. The molecule has 2 aromatic heterocycles. The molecule has 2 aromatic rings. The number of hydrogen-bond acceptors (Lipinski definition) is 10. The molecule has 0 saturated carbocycles. The molecule has 1 saturated heterocycles. The van der Waals surface area contributed by atoms with Gasteiger partial charge >= 0.3 is 0 Å². The van der Waals surface area contributed by atoms with Crippen LogP contribution >= 0.6 is 7.82 Å². The Kier molecular flexibility index (Phi) is 4.86. The molecular formula is C11H14N8O5P-. The minimum atomic E-state index is -4.42. The lowest BCUT2D eigenvalue weighted by Gasteiger charge is -2.23. The fraction of sp³-hybridized carbons (Fsp3) is 0.545. The number of imidazole rings is 1. The molecule has 0 aromatic carbocycles. The Hall–Kier alpha value is -2.27. The standard InChI is InChI=1S/C11H15N8O5P/c1-22-25(20,21)23-3-7-6(17-18-13)2-8(24-7)19-5-16-9-10(12)14-4-15-11(9)19/h4-8H,2-3H2,1H3,(H,20,21)(H2,12,14,15)/p-1/t6-,7-,8-/m1/s1. The third-order valence-electron chi connectivity index (χ3n) is 3.72. The Morgan fingerprint density at radius 3 is 3.12 bits per heavy atom. The van der Waals surface area contributed by atoms with E-state index in [1.807, 2.05) is 0 Å². The van der Waals surface area contributed by atoms with Gasteiger partial charge in [-0.25, -0.2) is 15.0 Å². The van der Waals surface area contributed by atoms with Gasteiger partial charge in [-0.15, -0.1) is 0 Å². The summed E-state index contributed by atoms with van der Waals surface area (Å²) in [5.41, 5.74) is 15.3. The molecule has 1 fully saturated rings. The molecule has 0 bridgehead atoms. The van der Waals surface area contributed by atoms with Crippen molar-refractivity contribution in [3.05, 3.63) is 23.1 Å². The lowest BCUT2D eigenvalue weighted by Crippen LogP contribution is -2.26. The summed E-state index contributed by atoms with van der Waals surface area (Å²) in [6.45, 7) is -0.349. The van der Waals surface area contributed by atoms with E-state index in [9.17, 15) is 9.46 Å². The van der Waals surface area contributed by atoms with Crippen LogP contribution in [-0.4, -0.2) is 45.4 Å². The fourth-order valence-electron chi connectivity index (χ4n) is 2.52. The SMILES string of the molecule is COP(=O)([O-])OC[C@H]1O[C@@H](n2cnc3c(N)ncnc32)C[C@H]1N=[N+]=[N-]. The molecule has 1 aliphatic rings. The van der Waals surface area contributed by atoms with Crippen LogP contribution in [0.3, 0.4) is 0 Å². The number of anilines is 1. The van der Waals surface area contributed by atoms with Gasteiger partial charge in [0.1, 0.15) is 18.1 Å². The van der Waals surface area contributed by atoms with Crippen molar-refractivity contribution < 1.29 is 23.2 Å².